The fourth-order valence-electron chi connectivity index (χ4n) is 2.77. The Balaban J connectivity index is 0. The zero-order valence-electron chi connectivity index (χ0n) is 16.7. The third-order valence-electron chi connectivity index (χ3n) is 4.41. The van der Waals surface area contributed by atoms with E-state index in [1.54, 1.807) is 0 Å². The van der Waals surface area contributed by atoms with Gasteiger partial charge in [0.15, 0.2) is 0 Å². The van der Waals surface area contributed by atoms with Crippen molar-refractivity contribution in [3.63, 3.8) is 0 Å². The second-order valence-corrected chi connectivity index (χ2v) is 6.95. The van der Waals surface area contributed by atoms with E-state index < -0.39 is 0 Å². The minimum atomic E-state index is 1.36. The first-order chi connectivity index (χ1) is 10.8. The Morgan fingerprint density at radius 2 is 0.364 bits per heavy atom. The van der Waals surface area contributed by atoms with E-state index in [4.69, 9.17) is 0 Å². The summed E-state index contributed by atoms with van der Waals surface area (Å²) in [5.41, 5.74) is 0. The highest BCUT2D eigenvalue weighted by Gasteiger charge is 1.91. The number of unbranched alkanes of at least 4 members (excludes halogenated alkanes) is 16. The van der Waals surface area contributed by atoms with Crippen molar-refractivity contribution in [2.24, 2.45) is 0 Å². The van der Waals surface area contributed by atoms with Gasteiger partial charge in [-0.1, -0.05) is 143 Å². The van der Waals surface area contributed by atoms with Crippen LogP contribution < -0.4 is 0 Å². The van der Waals surface area contributed by atoms with Gasteiger partial charge in [0.1, 0.15) is 0 Å². The van der Waals surface area contributed by atoms with Gasteiger partial charge >= 0.3 is 0 Å². The molecule has 0 radical (unpaired) electrons. The van der Waals surface area contributed by atoms with Crippen LogP contribution >= 0.6 is 0 Å². The standard InChI is InChI=1S/C14H30.C8H18/c1-3-5-7-9-11-13-14-12-10-8-6-4-2;1-3-5-7-8-6-4-2/h3-14H2,1-2H3;3-8H2,1-2H3. The average Bonchev–Trinajstić information content (AvgIpc) is 2.54. The lowest BCUT2D eigenvalue weighted by Gasteiger charge is -2.01. The van der Waals surface area contributed by atoms with Crippen LogP contribution in [0.2, 0.25) is 0 Å². The third kappa shape index (κ3) is 28.2. The Labute approximate surface area is 143 Å². The van der Waals surface area contributed by atoms with Crippen molar-refractivity contribution in [3.05, 3.63) is 0 Å². The molecule has 0 N–H and O–H groups in total. The molecule has 136 valence electrons. The molecule has 0 aliphatic carbocycles. The van der Waals surface area contributed by atoms with Crippen LogP contribution in [0.25, 0.3) is 0 Å². The van der Waals surface area contributed by atoms with Crippen LogP contribution in [0.15, 0.2) is 0 Å². The molecule has 0 atom stereocenters. The maximum atomic E-state index is 2.29. The summed E-state index contributed by atoms with van der Waals surface area (Å²) in [5.74, 6) is 0. The maximum absolute atomic E-state index is 2.29. The minimum absolute atomic E-state index is 1.36. The summed E-state index contributed by atoms with van der Waals surface area (Å²) in [6, 6.07) is 0. The summed E-state index contributed by atoms with van der Waals surface area (Å²) in [5, 5.41) is 0. The van der Waals surface area contributed by atoms with Gasteiger partial charge < -0.3 is 0 Å². The van der Waals surface area contributed by atoms with E-state index >= 15 is 0 Å². The first kappa shape index (κ1) is 24.3. The van der Waals surface area contributed by atoms with E-state index in [9.17, 15) is 0 Å². The van der Waals surface area contributed by atoms with Crippen LogP contribution in [-0.2, 0) is 0 Å². The second-order valence-electron chi connectivity index (χ2n) is 6.95. The van der Waals surface area contributed by atoms with Crippen molar-refractivity contribution in [1.82, 2.24) is 0 Å². The molecule has 0 heterocycles. The van der Waals surface area contributed by atoms with Gasteiger partial charge in [0.25, 0.3) is 0 Å². The van der Waals surface area contributed by atoms with E-state index in [2.05, 4.69) is 27.7 Å². The van der Waals surface area contributed by atoms with Crippen LogP contribution in [-0.4, -0.2) is 0 Å². The molecule has 0 fully saturated rings. The molecule has 0 aromatic heterocycles. The number of hydrogen-bond donors (Lipinski definition) is 0. The Morgan fingerprint density at radius 1 is 0.227 bits per heavy atom. The van der Waals surface area contributed by atoms with E-state index in [0.29, 0.717) is 0 Å². The molecule has 0 saturated heterocycles. The molecule has 0 bridgehead atoms. The van der Waals surface area contributed by atoms with Crippen LogP contribution in [0.1, 0.15) is 143 Å². The molecule has 0 aliphatic heterocycles. The van der Waals surface area contributed by atoms with Gasteiger partial charge in [0, 0.05) is 0 Å². The summed E-state index contributed by atoms with van der Waals surface area (Å²) in [4.78, 5) is 0. The minimum Gasteiger partial charge on any atom is -0.0654 e. The van der Waals surface area contributed by atoms with Gasteiger partial charge in [0.05, 0.1) is 0 Å². The molecule has 0 aliphatic rings. The lowest BCUT2D eigenvalue weighted by atomic mass is 10.1. The van der Waals surface area contributed by atoms with E-state index in [-0.39, 0.29) is 0 Å². The number of hydrogen-bond acceptors (Lipinski definition) is 0. The zero-order valence-corrected chi connectivity index (χ0v) is 16.7. The van der Waals surface area contributed by atoms with Gasteiger partial charge in [-0.2, -0.15) is 0 Å². The number of rotatable bonds is 16. The normalized spacial score (nSPS) is 10.4. The largest absolute Gasteiger partial charge is 0.0654 e. The molecule has 0 aromatic carbocycles. The van der Waals surface area contributed by atoms with Gasteiger partial charge in [-0.15, -0.1) is 0 Å². The highest BCUT2D eigenvalue weighted by Crippen LogP contribution is 2.11. The summed E-state index contributed by atoms with van der Waals surface area (Å²) in [7, 11) is 0. The first-order valence-electron chi connectivity index (χ1n) is 10.8. The fraction of sp³-hybridized carbons (Fsp3) is 1.00. The van der Waals surface area contributed by atoms with Crippen molar-refractivity contribution in [2.45, 2.75) is 143 Å². The molecule has 0 nitrogen and oxygen atoms in total. The second kappa shape index (κ2) is 25.9. The molecule has 0 rings (SSSR count). The molecule has 22 heavy (non-hydrogen) atoms. The Kier molecular flexibility index (Phi) is 28.6. The monoisotopic (exact) mass is 312 g/mol. The van der Waals surface area contributed by atoms with Gasteiger partial charge in [-0.05, 0) is 0 Å². The summed E-state index contributed by atoms with van der Waals surface area (Å²) in [6.07, 6.45) is 25.9. The predicted molar refractivity (Wildman–Crippen MR) is 106 cm³/mol. The van der Waals surface area contributed by atoms with Crippen LogP contribution in [0.5, 0.6) is 0 Å². The highest BCUT2D eigenvalue weighted by molar-refractivity contribution is 4.47. The van der Waals surface area contributed by atoms with Gasteiger partial charge in [-0.3, -0.25) is 0 Å². The summed E-state index contributed by atoms with van der Waals surface area (Å²) >= 11 is 0. The Bertz CT molecular complexity index is 132. The topological polar surface area (TPSA) is 0 Å². The van der Waals surface area contributed by atoms with Crippen LogP contribution in [0.4, 0.5) is 0 Å². The Morgan fingerprint density at radius 3 is 0.500 bits per heavy atom. The third-order valence-corrected chi connectivity index (χ3v) is 4.41. The molecule has 0 unspecified atom stereocenters. The zero-order chi connectivity index (χ0) is 16.7. The lowest BCUT2D eigenvalue weighted by molar-refractivity contribution is 0.548. The predicted octanol–water partition coefficient (Wildman–Crippen LogP) is 9.07. The van der Waals surface area contributed by atoms with Crippen LogP contribution in [0.3, 0.4) is 0 Å². The van der Waals surface area contributed by atoms with Crippen molar-refractivity contribution in [2.75, 3.05) is 0 Å². The van der Waals surface area contributed by atoms with Gasteiger partial charge in [0.2, 0.25) is 0 Å². The first-order valence-corrected chi connectivity index (χ1v) is 10.8. The molecular formula is C22H48. The van der Waals surface area contributed by atoms with E-state index in [1.165, 1.54) is 116 Å². The van der Waals surface area contributed by atoms with Crippen molar-refractivity contribution in [3.8, 4) is 0 Å². The van der Waals surface area contributed by atoms with Crippen molar-refractivity contribution < 1.29 is 0 Å². The highest BCUT2D eigenvalue weighted by atomic mass is 14.0. The molecule has 0 heteroatoms. The summed E-state index contributed by atoms with van der Waals surface area (Å²) in [6.45, 7) is 9.08. The smallest absolute Gasteiger partial charge is 0.0533 e. The molecule has 0 aromatic rings. The van der Waals surface area contributed by atoms with E-state index in [1.807, 2.05) is 0 Å². The van der Waals surface area contributed by atoms with Crippen LogP contribution in [0, 0.1) is 0 Å². The Hall–Kier alpha value is 0. The van der Waals surface area contributed by atoms with Crippen molar-refractivity contribution in [1.29, 1.82) is 0 Å². The molecule has 0 saturated carbocycles. The molecule has 0 amide bonds. The SMILES string of the molecule is CCCCCCCC.CCCCCCCCCCCCCC. The fourth-order valence-corrected chi connectivity index (χ4v) is 2.77. The van der Waals surface area contributed by atoms with E-state index in [0.717, 1.165) is 0 Å². The molecular weight excluding hydrogens is 264 g/mol. The molecule has 0 spiro atoms. The quantitative estimate of drug-likeness (QED) is 0.249. The average molecular weight is 313 g/mol. The van der Waals surface area contributed by atoms with Crippen molar-refractivity contribution >= 4 is 0 Å². The maximum Gasteiger partial charge on any atom is -0.0533 e. The van der Waals surface area contributed by atoms with Gasteiger partial charge in [-0.25, -0.2) is 0 Å². The lowest BCUT2D eigenvalue weighted by Crippen LogP contribution is -1.81. The summed E-state index contributed by atoms with van der Waals surface area (Å²) < 4.78 is 0.